The molecular formula is C22H21ClN4O2S. The van der Waals surface area contributed by atoms with Crippen molar-refractivity contribution in [3.8, 4) is 0 Å². The zero-order valence-electron chi connectivity index (χ0n) is 16.9. The first-order valence-electron chi connectivity index (χ1n) is 9.45. The molecule has 4 aromatic rings. The van der Waals surface area contributed by atoms with Crippen molar-refractivity contribution in [2.24, 2.45) is 0 Å². The quantitative estimate of drug-likeness (QED) is 0.322. The molecule has 3 heterocycles. The maximum atomic E-state index is 12.5. The molecule has 0 saturated carbocycles. The molecule has 1 aromatic carbocycles. The fourth-order valence-electron chi connectivity index (χ4n) is 3.30. The third-order valence-corrected chi connectivity index (χ3v) is 6.46. The van der Waals surface area contributed by atoms with Crippen molar-refractivity contribution >= 4 is 46.0 Å². The predicted molar refractivity (Wildman–Crippen MR) is 120 cm³/mol. The first-order valence-corrected chi connectivity index (χ1v) is 10.8. The maximum absolute atomic E-state index is 12.5. The van der Waals surface area contributed by atoms with Crippen molar-refractivity contribution < 1.29 is 9.21 Å². The number of nitrogens with zero attached hydrogens (tertiary/aromatic N) is 3. The van der Waals surface area contributed by atoms with Crippen LogP contribution < -0.4 is 5.32 Å². The number of anilines is 1. The molecule has 0 aliphatic carbocycles. The lowest BCUT2D eigenvalue weighted by Crippen LogP contribution is -2.14. The van der Waals surface area contributed by atoms with Gasteiger partial charge in [0.2, 0.25) is 5.91 Å². The number of furan rings is 1. The summed E-state index contributed by atoms with van der Waals surface area (Å²) in [5.74, 6) is 0.981. The topological polar surface area (TPSA) is 73.0 Å². The van der Waals surface area contributed by atoms with Crippen LogP contribution in [0.25, 0.3) is 11.0 Å². The standard InChI is InChI=1S/C22H21ClN4O2S/c1-13-6-7-16(9-18(13)23)26-19(28)11-30-22-20-14(2)15(3)27(21(20)24-12-25-22)10-17-5-4-8-29-17/h4-9,12H,10-11H2,1-3H3,(H,26,28). The first-order chi connectivity index (χ1) is 14.4. The van der Waals surface area contributed by atoms with E-state index in [0.29, 0.717) is 17.3 Å². The second-order valence-corrected chi connectivity index (χ2v) is 8.43. The molecule has 0 atom stereocenters. The average molecular weight is 441 g/mol. The number of nitrogens with one attached hydrogen (secondary N) is 1. The smallest absolute Gasteiger partial charge is 0.234 e. The van der Waals surface area contributed by atoms with Gasteiger partial charge in [-0.2, -0.15) is 0 Å². The monoisotopic (exact) mass is 440 g/mol. The predicted octanol–water partition coefficient (Wildman–Crippen LogP) is 5.38. The first kappa shape index (κ1) is 20.5. The van der Waals surface area contributed by atoms with Gasteiger partial charge in [0.15, 0.2) is 0 Å². The fraction of sp³-hybridized carbons (Fsp3) is 0.227. The molecule has 0 fully saturated rings. The third-order valence-electron chi connectivity index (χ3n) is 5.06. The zero-order chi connectivity index (χ0) is 21.3. The number of benzene rings is 1. The fourth-order valence-corrected chi connectivity index (χ4v) is 4.33. The Labute approximate surface area is 183 Å². The highest BCUT2D eigenvalue weighted by molar-refractivity contribution is 8.00. The molecule has 0 bridgehead atoms. The number of aromatic nitrogens is 3. The van der Waals surface area contributed by atoms with Crippen LogP contribution >= 0.6 is 23.4 Å². The van der Waals surface area contributed by atoms with Crippen LogP contribution in [0.15, 0.2) is 52.4 Å². The van der Waals surface area contributed by atoms with Crippen molar-refractivity contribution in [1.82, 2.24) is 14.5 Å². The number of fused-ring (bicyclic) bond motifs is 1. The normalized spacial score (nSPS) is 11.2. The summed E-state index contributed by atoms with van der Waals surface area (Å²) >= 11 is 7.53. The van der Waals surface area contributed by atoms with Gasteiger partial charge in [-0.3, -0.25) is 4.79 Å². The minimum Gasteiger partial charge on any atom is -0.467 e. The Morgan fingerprint density at radius 2 is 2.07 bits per heavy atom. The lowest BCUT2D eigenvalue weighted by atomic mass is 10.2. The molecule has 1 N–H and O–H groups in total. The summed E-state index contributed by atoms with van der Waals surface area (Å²) in [6.07, 6.45) is 3.21. The van der Waals surface area contributed by atoms with Gasteiger partial charge < -0.3 is 14.3 Å². The van der Waals surface area contributed by atoms with Gasteiger partial charge in [-0.25, -0.2) is 9.97 Å². The molecular weight excluding hydrogens is 420 g/mol. The molecule has 0 unspecified atom stereocenters. The van der Waals surface area contributed by atoms with Crippen LogP contribution in [0.2, 0.25) is 5.02 Å². The van der Waals surface area contributed by atoms with E-state index in [-0.39, 0.29) is 11.7 Å². The van der Waals surface area contributed by atoms with Gasteiger partial charge in [0.05, 0.1) is 23.9 Å². The largest absolute Gasteiger partial charge is 0.467 e. The van der Waals surface area contributed by atoms with Gasteiger partial charge in [0.25, 0.3) is 0 Å². The maximum Gasteiger partial charge on any atom is 0.234 e. The second-order valence-electron chi connectivity index (χ2n) is 7.05. The third kappa shape index (κ3) is 4.08. The van der Waals surface area contributed by atoms with E-state index in [9.17, 15) is 4.79 Å². The summed E-state index contributed by atoms with van der Waals surface area (Å²) in [6, 6.07) is 9.30. The Kier molecular flexibility index (Phi) is 5.83. The van der Waals surface area contributed by atoms with Gasteiger partial charge >= 0.3 is 0 Å². The number of amides is 1. The molecule has 8 heteroatoms. The van der Waals surface area contributed by atoms with E-state index >= 15 is 0 Å². The zero-order valence-corrected chi connectivity index (χ0v) is 18.5. The summed E-state index contributed by atoms with van der Waals surface area (Å²) in [4.78, 5) is 21.4. The molecule has 4 rings (SSSR count). The highest BCUT2D eigenvalue weighted by atomic mass is 35.5. The Morgan fingerprint density at radius 1 is 1.23 bits per heavy atom. The number of carbonyl (C=O) groups excluding carboxylic acids is 1. The summed E-state index contributed by atoms with van der Waals surface area (Å²) in [7, 11) is 0. The summed E-state index contributed by atoms with van der Waals surface area (Å²) in [6.45, 7) is 6.63. The van der Waals surface area contributed by atoms with Crippen LogP contribution in [0, 0.1) is 20.8 Å². The van der Waals surface area contributed by atoms with Gasteiger partial charge in [-0.05, 0) is 56.2 Å². The molecule has 3 aromatic heterocycles. The average Bonchev–Trinajstić information content (AvgIpc) is 3.32. The molecule has 30 heavy (non-hydrogen) atoms. The highest BCUT2D eigenvalue weighted by Crippen LogP contribution is 2.32. The highest BCUT2D eigenvalue weighted by Gasteiger charge is 2.18. The number of hydrogen-bond acceptors (Lipinski definition) is 5. The SMILES string of the molecule is Cc1ccc(NC(=O)CSc2ncnc3c2c(C)c(C)n3Cc2ccco2)cc1Cl. The summed E-state index contributed by atoms with van der Waals surface area (Å²) in [5, 5.41) is 5.27. The van der Waals surface area contributed by atoms with Crippen LogP contribution in [0.1, 0.15) is 22.6 Å². The van der Waals surface area contributed by atoms with E-state index in [1.807, 2.05) is 31.2 Å². The molecule has 0 saturated heterocycles. The molecule has 0 aliphatic rings. The Bertz CT molecular complexity index is 1220. The van der Waals surface area contributed by atoms with Gasteiger partial charge in [-0.15, -0.1) is 0 Å². The van der Waals surface area contributed by atoms with Gasteiger partial charge in [0.1, 0.15) is 22.8 Å². The van der Waals surface area contributed by atoms with E-state index < -0.39 is 0 Å². The molecule has 0 spiro atoms. The number of halogens is 1. The van der Waals surface area contributed by atoms with E-state index in [2.05, 4.69) is 33.7 Å². The Hall–Kier alpha value is -2.77. The lowest BCUT2D eigenvalue weighted by molar-refractivity contribution is -0.113. The van der Waals surface area contributed by atoms with Crippen LogP contribution in [-0.4, -0.2) is 26.2 Å². The van der Waals surface area contributed by atoms with Crippen molar-refractivity contribution in [2.45, 2.75) is 32.3 Å². The van der Waals surface area contributed by atoms with Crippen molar-refractivity contribution in [3.05, 3.63) is 70.5 Å². The number of thioether (sulfide) groups is 1. The van der Waals surface area contributed by atoms with Crippen LogP contribution in [0.4, 0.5) is 5.69 Å². The van der Waals surface area contributed by atoms with E-state index in [1.54, 1.807) is 18.7 Å². The Morgan fingerprint density at radius 3 is 2.80 bits per heavy atom. The molecule has 1 amide bonds. The van der Waals surface area contributed by atoms with Crippen LogP contribution in [0.3, 0.4) is 0 Å². The van der Waals surface area contributed by atoms with Crippen molar-refractivity contribution in [1.29, 1.82) is 0 Å². The number of carbonyl (C=O) groups is 1. The van der Waals surface area contributed by atoms with Crippen molar-refractivity contribution in [2.75, 3.05) is 11.1 Å². The van der Waals surface area contributed by atoms with Gasteiger partial charge in [0, 0.05) is 16.4 Å². The van der Waals surface area contributed by atoms with E-state index in [1.165, 1.54) is 11.8 Å². The molecule has 154 valence electrons. The summed E-state index contributed by atoms with van der Waals surface area (Å²) < 4.78 is 7.62. The van der Waals surface area contributed by atoms with Gasteiger partial charge in [-0.1, -0.05) is 29.4 Å². The van der Waals surface area contributed by atoms with E-state index in [0.717, 1.165) is 38.6 Å². The van der Waals surface area contributed by atoms with Crippen molar-refractivity contribution in [3.63, 3.8) is 0 Å². The summed E-state index contributed by atoms with van der Waals surface area (Å²) in [5.41, 5.74) is 4.69. The number of aryl methyl sites for hydroxylation is 2. The molecule has 0 aliphatic heterocycles. The molecule has 0 radical (unpaired) electrons. The van der Waals surface area contributed by atoms with Crippen LogP contribution in [-0.2, 0) is 11.3 Å². The Balaban J connectivity index is 1.54. The van der Waals surface area contributed by atoms with Crippen LogP contribution in [0.5, 0.6) is 0 Å². The second kappa shape index (κ2) is 8.53. The molecule has 6 nitrogen and oxygen atoms in total. The minimum absolute atomic E-state index is 0.115. The number of hydrogen-bond donors (Lipinski definition) is 1. The van der Waals surface area contributed by atoms with E-state index in [4.69, 9.17) is 16.0 Å². The minimum atomic E-state index is -0.115. The number of rotatable bonds is 6. The lowest BCUT2D eigenvalue weighted by Gasteiger charge is -2.08.